The van der Waals surface area contributed by atoms with Crippen molar-refractivity contribution >= 4 is 17.8 Å². The highest BCUT2D eigenvalue weighted by Crippen LogP contribution is 2.18. The number of amides is 2. The van der Waals surface area contributed by atoms with Gasteiger partial charge in [0.1, 0.15) is 6.54 Å². The Bertz CT molecular complexity index is 526. The van der Waals surface area contributed by atoms with Gasteiger partial charge in [0.15, 0.2) is 5.96 Å². The summed E-state index contributed by atoms with van der Waals surface area (Å²) in [5.74, 6) is 0.981. The van der Waals surface area contributed by atoms with E-state index < -0.39 is 0 Å². The summed E-state index contributed by atoms with van der Waals surface area (Å²) in [4.78, 5) is 36.9. The molecule has 2 amide bonds. The Morgan fingerprint density at radius 2 is 1.73 bits per heavy atom. The Kier molecular flexibility index (Phi) is 7.25. The number of likely N-dealkylation sites (tertiary alicyclic amines) is 1. The summed E-state index contributed by atoms with van der Waals surface area (Å²) in [6.07, 6.45) is 2.06. The predicted octanol–water partition coefficient (Wildman–Crippen LogP) is -0.333. The van der Waals surface area contributed by atoms with Gasteiger partial charge < -0.3 is 20.0 Å². The van der Waals surface area contributed by atoms with E-state index in [-0.39, 0.29) is 30.4 Å². The summed E-state index contributed by atoms with van der Waals surface area (Å²) in [6, 6.07) is 0.274. The Hall–Kier alpha value is -1.83. The Balaban J connectivity index is 1.94. The lowest BCUT2D eigenvalue weighted by atomic mass is 10.1. The fourth-order valence-corrected chi connectivity index (χ4v) is 3.35. The van der Waals surface area contributed by atoms with Crippen molar-refractivity contribution in [1.29, 1.82) is 0 Å². The summed E-state index contributed by atoms with van der Waals surface area (Å²) < 4.78 is 0. The minimum absolute atomic E-state index is 0.0221. The molecule has 1 N–H and O–H groups in total. The molecule has 148 valence electrons. The molecule has 2 aliphatic rings. The lowest BCUT2D eigenvalue weighted by Crippen LogP contribution is -2.57. The van der Waals surface area contributed by atoms with Crippen LogP contribution in [-0.2, 0) is 9.59 Å². The quantitative estimate of drug-likeness (QED) is 0.545. The molecule has 0 aromatic rings. The first-order valence-corrected chi connectivity index (χ1v) is 9.54. The third kappa shape index (κ3) is 5.33. The van der Waals surface area contributed by atoms with Crippen LogP contribution in [-0.4, -0.2) is 110 Å². The molecule has 2 fully saturated rings. The van der Waals surface area contributed by atoms with E-state index in [1.54, 1.807) is 19.0 Å². The Morgan fingerprint density at radius 3 is 2.23 bits per heavy atom. The summed E-state index contributed by atoms with van der Waals surface area (Å²) >= 11 is 0. The van der Waals surface area contributed by atoms with Crippen LogP contribution in [0.25, 0.3) is 0 Å². The molecule has 2 saturated heterocycles. The van der Waals surface area contributed by atoms with E-state index >= 15 is 0 Å². The van der Waals surface area contributed by atoms with Crippen molar-refractivity contribution in [3.05, 3.63) is 0 Å². The maximum atomic E-state index is 12.7. The van der Waals surface area contributed by atoms with Crippen molar-refractivity contribution < 1.29 is 9.59 Å². The second-order valence-corrected chi connectivity index (χ2v) is 7.68. The molecular formula is C18H34N6O2. The second kappa shape index (κ2) is 9.21. The van der Waals surface area contributed by atoms with Gasteiger partial charge in [-0.25, -0.2) is 4.99 Å². The number of guanidine groups is 1. The van der Waals surface area contributed by atoms with E-state index in [9.17, 15) is 9.59 Å². The Morgan fingerprint density at radius 1 is 1.12 bits per heavy atom. The van der Waals surface area contributed by atoms with Gasteiger partial charge in [-0.2, -0.15) is 0 Å². The van der Waals surface area contributed by atoms with Crippen molar-refractivity contribution in [2.75, 3.05) is 60.4 Å². The summed E-state index contributed by atoms with van der Waals surface area (Å²) in [7, 11) is 5.50. The third-order valence-electron chi connectivity index (χ3n) is 4.98. The molecule has 8 nitrogen and oxygen atoms in total. The minimum atomic E-state index is -0.0221. The number of nitrogens with one attached hydrogen (secondary N) is 1. The smallest absolute Gasteiger partial charge is 0.243 e. The van der Waals surface area contributed by atoms with Crippen LogP contribution in [0, 0.1) is 0 Å². The highest BCUT2D eigenvalue weighted by atomic mass is 16.2. The van der Waals surface area contributed by atoms with E-state index in [1.807, 2.05) is 11.9 Å². The molecule has 0 spiro atoms. The first-order valence-electron chi connectivity index (χ1n) is 9.54. The number of carbonyl (C=O) groups is 2. The van der Waals surface area contributed by atoms with E-state index in [0.29, 0.717) is 13.1 Å². The SMILES string of the molecule is CC(C)NC(=NCC(=O)N(C)C)N1CCN(C(=O)C2CCCN2C)CC1. The largest absolute Gasteiger partial charge is 0.354 e. The lowest BCUT2D eigenvalue weighted by Gasteiger charge is -2.38. The van der Waals surface area contributed by atoms with E-state index in [0.717, 1.165) is 38.4 Å². The molecule has 0 bridgehead atoms. The van der Waals surface area contributed by atoms with Gasteiger partial charge in [-0.15, -0.1) is 0 Å². The number of aliphatic imine (C=N–C) groups is 1. The van der Waals surface area contributed by atoms with Gasteiger partial charge in [-0.1, -0.05) is 0 Å². The van der Waals surface area contributed by atoms with Crippen LogP contribution < -0.4 is 5.32 Å². The maximum Gasteiger partial charge on any atom is 0.243 e. The molecular weight excluding hydrogens is 332 g/mol. The molecule has 1 atom stereocenters. The molecule has 2 rings (SSSR count). The molecule has 1 unspecified atom stereocenters. The molecule has 26 heavy (non-hydrogen) atoms. The van der Waals surface area contributed by atoms with Crippen LogP contribution in [0.15, 0.2) is 4.99 Å². The van der Waals surface area contributed by atoms with Crippen LogP contribution in [0.5, 0.6) is 0 Å². The number of nitrogens with zero attached hydrogens (tertiary/aromatic N) is 5. The van der Waals surface area contributed by atoms with Crippen molar-refractivity contribution in [1.82, 2.24) is 24.9 Å². The highest BCUT2D eigenvalue weighted by molar-refractivity contribution is 5.86. The van der Waals surface area contributed by atoms with E-state index in [1.165, 1.54) is 0 Å². The number of piperazine rings is 1. The van der Waals surface area contributed by atoms with Gasteiger partial charge in [-0.05, 0) is 40.3 Å². The minimum Gasteiger partial charge on any atom is -0.354 e. The second-order valence-electron chi connectivity index (χ2n) is 7.68. The van der Waals surface area contributed by atoms with Gasteiger partial charge in [0, 0.05) is 46.3 Å². The first-order chi connectivity index (χ1) is 12.3. The number of carbonyl (C=O) groups excluding carboxylic acids is 2. The van der Waals surface area contributed by atoms with Crippen molar-refractivity contribution in [3.63, 3.8) is 0 Å². The fraction of sp³-hybridized carbons (Fsp3) is 0.833. The molecule has 0 aliphatic carbocycles. The normalized spacial score (nSPS) is 22.1. The number of likely N-dealkylation sites (N-methyl/N-ethyl adjacent to an activating group) is 2. The monoisotopic (exact) mass is 366 g/mol. The first kappa shape index (κ1) is 20.5. The van der Waals surface area contributed by atoms with Crippen LogP contribution in [0.2, 0.25) is 0 Å². The van der Waals surface area contributed by atoms with Crippen molar-refractivity contribution in [3.8, 4) is 0 Å². The lowest BCUT2D eigenvalue weighted by molar-refractivity contribution is -0.136. The molecule has 0 saturated carbocycles. The molecule has 0 aromatic heterocycles. The Labute approximate surface area is 157 Å². The highest BCUT2D eigenvalue weighted by Gasteiger charge is 2.33. The zero-order valence-electron chi connectivity index (χ0n) is 16.9. The fourth-order valence-electron chi connectivity index (χ4n) is 3.35. The predicted molar refractivity (Wildman–Crippen MR) is 103 cm³/mol. The standard InChI is InChI=1S/C18H34N6O2/c1-14(2)20-18(19-13-16(25)21(3)4)24-11-9-23(10-12-24)17(26)15-7-6-8-22(15)5/h14-15H,6-13H2,1-5H3,(H,19,20). The van der Waals surface area contributed by atoms with Crippen LogP contribution >= 0.6 is 0 Å². The zero-order chi connectivity index (χ0) is 19.3. The molecule has 8 heteroatoms. The average Bonchev–Trinajstić information content (AvgIpc) is 3.03. The van der Waals surface area contributed by atoms with Gasteiger partial charge in [0.05, 0.1) is 6.04 Å². The molecule has 2 heterocycles. The molecule has 0 radical (unpaired) electrons. The van der Waals surface area contributed by atoms with Gasteiger partial charge in [-0.3, -0.25) is 14.5 Å². The zero-order valence-corrected chi connectivity index (χ0v) is 16.9. The van der Waals surface area contributed by atoms with Gasteiger partial charge >= 0.3 is 0 Å². The van der Waals surface area contributed by atoms with Gasteiger partial charge in [0.25, 0.3) is 0 Å². The topological polar surface area (TPSA) is 71.5 Å². The summed E-state index contributed by atoms with van der Waals surface area (Å²) in [5.41, 5.74) is 0. The number of hydrogen-bond acceptors (Lipinski definition) is 4. The van der Waals surface area contributed by atoms with Crippen LogP contribution in [0.4, 0.5) is 0 Å². The summed E-state index contributed by atoms with van der Waals surface area (Å²) in [5, 5.41) is 3.34. The number of hydrogen-bond donors (Lipinski definition) is 1. The van der Waals surface area contributed by atoms with E-state index in [2.05, 4.69) is 34.0 Å². The molecule has 0 aromatic carbocycles. The van der Waals surface area contributed by atoms with Crippen LogP contribution in [0.3, 0.4) is 0 Å². The van der Waals surface area contributed by atoms with Crippen molar-refractivity contribution in [2.24, 2.45) is 4.99 Å². The maximum absolute atomic E-state index is 12.7. The third-order valence-corrected chi connectivity index (χ3v) is 4.98. The van der Waals surface area contributed by atoms with Crippen LogP contribution in [0.1, 0.15) is 26.7 Å². The van der Waals surface area contributed by atoms with Gasteiger partial charge in [0.2, 0.25) is 11.8 Å². The molecule has 2 aliphatic heterocycles. The number of rotatable bonds is 4. The van der Waals surface area contributed by atoms with Crippen molar-refractivity contribution in [2.45, 2.75) is 38.8 Å². The average molecular weight is 367 g/mol. The van der Waals surface area contributed by atoms with E-state index in [4.69, 9.17) is 0 Å². The summed E-state index contributed by atoms with van der Waals surface area (Å²) in [6.45, 7) is 8.11.